The molecule has 0 aromatic rings. The Balaban J connectivity index is 1.60. The van der Waals surface area contributed by atoms with Crippen LogP contribution in [-0.4, -0.2) is 43.3 Å². The molecule has 1 N–H and O–H groups in total. The molecule has 2 rings (SSSR count). The molecule has 0 aromatic carbocycles. The summed E-state index contributed by atoms with van der Waals surface area (Å²) in [5.74, 6) is 0. The molecule has 0 bridgehead atoms. The van der Waals surface area contributed by atoms with Gasteiger partial charge in [0.1, 0.15) is 0 Å². The minimum atomic E-state index is -0.188. The third kappa shape index (κ3) is 2.64. The van der Waals surface area contributed by atoms with E-state index in [-0.39, 0.29) is 6.67 Å². The number of nitrogens with one attached hydrogen (secondary N) is 1. The second-order valence-corrected chi connectivity index (χ2v) is 4.21. The summed E-state index contributed by atoms with van der Waals surface area (Å²) in [5.41, 5.74) is 0. The Kier molecular flexibility index (Phi) is 3.17. The highest BCUT2D eigenvalue weighted by atomic mass is 19.1. The van der Waals surface area contributed by atoms with Crippen molar-refractivity contribution in [2.75, 3.05) is 26.3 Å². The molecule has 3 heteroatoms. The lowest BCUT2D eigenvalue weighted by Crippen LogP contribution is -2.33. The van der Waals surface area contributed by atoms with Crippen LogP contribution in [0, 0.1) is 0 Å². The standard InChI is InChI=1S/C10H19FN2/c11-5-1-6-12-9-4-7-13(8-9)10-2-3-10/h9-10,12H,1-8H2. The number of nitrogens with zero attached hydrogens (tertiary/aromatic N) is 1. The summed E-state index contributed by atoms with van der Waals surface area (Å²) in [6, 6.07) is 1.53. The summed E-state index contributed by atoms with van der Waals surface area (Å²) < 4.78 is 11.8. The van der Waals surface area contributed by atoms with E-state index in [9.17, 15) is 4.39 Å². The lowest BCUT2D eigenvalue weighted by Gasteiger charge is -2.15. The van der Waals surface area contributed by atoms with Crippen LogP contribution in [0.25, 0.3) is 0 Å². The second kappa shape index (κ2) is 4.38. The molecule has 0 amide bonds. The van der Waals surface area contributed by atoms with E-state index in [1.807, 2.05) is 0 Å². The number of hydrogen-bond acceptors (Lipinski definition) is 2. The quantitative estimate of drug-likeness (QED) is 0.648. The van der Waals surface area contributed by atoms with Crippen molar-refractivity contribution < 1.29 is 4.39 Å². The smallest absolute Gasteiger partial charge is 0.0906 e. The van der Waals surface area contributed by atoms with Crippen molar-refractivity contribution in [3.63, 3.8) is 0 Å². The van der Waals surface area contributed by atoms with Gasteiger partial charge in [-0.25, -0.2) is 0 Å². The maximum absolute atomic E-state index is 11.8. The monoisotopic (exact) mass is 186 g/mol. The third-order valence-electron chi connectivity index (χ3n) is 3.03. The van der Waals surface area contributed by atoms with E-state index >= 15 is 0 Å². The highest BCUT2D eigenvalue weighted by Crippen LogP contribution is 2.29. The van der Waals surface area contributed by atoms with E-state index in [1.54, 1.807) is 0 Å². The summed E-state index contributed by atoms with van der Waals surface area (Å²) >= 11 is 0. The van der Waals surface area contributed by atoms with E-state index in [1.165, 1.54) is 32.4 Å². The zero-order valence-electron chi connectivity index (χ0n) is 8.14. The largest absolute Gasteiger partial charge is 0.313 e. The van der Waals surface area contributed by atoms with Crippen molar-refractivity contribution in [1.82, 2.24) is 10.2 Å². The topological polar surface area (TPSA) is 15.3 Å². The first-order valence-corrected chi connectivity index (χ1v) is 5.43. The Bertz CT molecular complexity index is 159. The Morgan fingerprint density at radius 1 is 1.31 bits per heavy atom. The normalized spacial score (nSPS) is 29.8. The predicted molar refractivity (Wildman–Crippen MR) is 51.6 cm³/mol. The van der Waals surface area contributed by atoms with Crippen LogP contribution in [0.3, 0.4) is 0 Å². The van der Waals surface area contributed by atoms with Gasteiger partial charge in [-0.1, -0.05) is 0 Å². The Morgan fingerprint density at radius 3 is 2.85 bits per heavy atom. The molecule has 0 spiro atoms. The zero-order valence-corrected chi connectivity index (χ0v) is 8.14. The number of rotatable bonds is 5. The Morgan fingerprint density at radius 2 is 2.15 bits per heavy atom. The summed E-state index contributed by atoms with van der Waals surface area (Å²) in [7, 11) is 0. The van der Waals surface area contributed by atoms with Gasteiger partial charge in [0.2, 0.25) is 0 Å². The van der Waals surface area contributed by atoms with Crippen LogP contribution >= 0.6 is 0 Å². The number of hydrogen-bond donors (Lipinski definition) is 1. The molecule has 1 aliphatic heterocycles. The van der Waals surface area contributed by atoms with Crippen LogP contribution < -0.4 is 5.32 Å². The molecule has 76 valence electrons. The molecule has 2 aliphatic rings. The lowest BCUT2D eigenvalue weighted by atomic mass is 10.2. The average molecular weight is 186 g/mol. The molecule has 2 fully saturated rings. The van der Waals surface area contributed by atoms with Gasteiger partial charge in [-0.3, -0.25) is 9.29 Å². The van der Waals surface area contributed by atoms with Crippen LogP contribution in [0.2, 0.25) is 0 Å². The molecule has 1 heterocycles. The predicted octanol–water partition coefficient (Wildman–Crippen LogP) is 1.17. The van der Waals surface area contributed by atoms with Crippen molar-refractivity contribution >= 4 is 0 Å². The van der Waals surface area contributed by atoms with Crippen LogP contribution in [0.15, 0.2) is 0 Å². The van der Waals surface area contributed by atoms with Gasteiger partial charge in [-0.15, -0.1) is 0 Å². The summed E-state index contributed by atoms with van der Waals surface area (Å²) in [6.45, 7) is 3.10. The maximum atomic E-state index is 11.8. The Hall–Kier alpha value is -0.150. The molecular formula is C10H19FN2. The molecule has 13 heavy (non-hydrogen) atoms. The van der Waals surface area contributed by atoms with Gasteiger partial charge in [0, 0.05) is 25.2 Å². The molecule has 2 nitrogen and oxygen atoms in total. The van der Waals surface area contributed by atoms with E-state index in [0.717, 1.165) is 12.6 Å². The minimum absolute atomic E-state index is 0.188. The number of halogens is 1. The SMILES string of the molecule is FCCCNC1CCN(C2CC2)C1. The van der Waals surface area contributed by atoms with Crippen LogP contribution in [0.1, 0.15) is 25.7 Å². The first-order chi connectivity index (χ1) is 6.40. The van der Waals surface area contributed by atoms with E-state index in [4.69, 9.17) is 0 Å². The van der Waals surface area contributed by atoms with Crippen molar-refractivity contribution in [2.45, 2.75) is 37.8 Å². The third-order valence-corrected chi connectivity index (χ3v) is 3.03. The van der Waals surface area contributed by atoms with Gasteiger partial charge in [0.15, 0.2) is 0 Å². The number of alkyl halides is 1. The average Bonchev–Trinajstić information content (AvgIpc) is 2.88. The van der Waals surface area contributed by atoms with E-state index < -0.39 is 0 Å². The van der Waals surface area contributed by atoms with Gasteiger partial charge in [0.05, 0.1) is 6.67 Å². The molecule has 1 unspecified atom stereocenters. The first kappa shape index (κ1) is 9.41. The fraction of sp³-hybridized carbons (Fsp3) is 1.00. The van der Waals surface area contributed by atoms with Crippen molar-refractivity contribution in [2.24, 2.45) is 0 Å². The Labute approximate surface area is 79.5 Å². The van der Waals surface area contributed by atoms with Crippen molar-refractivity contribution in [3.8, 4) is 0 Å². The van der Waals surface area contributed by atoms with Crippen LogP contribution in [0.4, 0.5) is 4.39 Å². The first-order valence-electron chi connectivity index (χ1n) is 5.43. The summed E-state index contributed by atoms with van der Waals surface area (Å²) in [4.78, 5) is 2.58. The zero-order chi connectivity index (χ0) is 9.10. The fourth-order valence-electron chi connectivity index (χ4n) is 2.10. The van der Waals surface area contributed by atoms with Gasteiger partial charge >= 0.3 is 0 Å². The van der Waals surface area contributed by atoms with Crippen LogP contribution in [-0.2, 0) is 0 Å². The molecule has 1 saturated heterocycles. The molecule has 1 saturated carbocycles. The molecule has 1 aliphatic carbocycles. The van der Waals surface area contributed by atoms with Gasteiger partial charge in [-0.05, 0) is 32.2 Å². The lowest BCUT2D eigenvalue weighted by molar-refractivity contribution is 0.316. The highest BCUT2D eigenvalue weighted by molar-refractivity contribution is 4.91. The van der Waals surface area contributed by atoms with E-state index in [0.29, 0.717) is 12.5 Å². The van der Waals surface area contributed by atoms with Crippen molar-refractivity contribution in [3.05, 3.63) is 0 Å². The molecule has 1 atom stereocenters. The second-order valence-electron chi connectivity index (χ2n) is 4.21. The van der Waals surface area contributed by atoms with Crippen molar-refractivity contribution in [1.29, 1.82) is 0 Å². The minimum Gasteiger partial charge on any atom is -0.313 e. The van der Waals surface area contributed by atoms with Gasteiger partial charge in [0.25, 0.3) is 0 Å². The number of likely N-dealkylation sites (tertiary alicyclic amines) is 1. The van der Waals surface area contributed by atoms with E-state index in [2.05, 4.69) is 10.2 Å². The molecule has 0 aromatic heterocycles. The highest BCUT2D eigenvalue weighted by Gasteiger charge is 2.33. The van der Waals surface area contributed by atoms with Gasteiger partial charge < -0.3 is 5.32 Å². The van der Waals surface area contributed by atoms with Crippen LogP contribution in [0.5, 0.6) is 0 Å². The summed E-state index contributed by atoms with van der Waals surface area (Å²) in [6.07, 6.45) is 4.72. The van der Waals surface area contributed by atoms with Gasteiger partial charge in [-0.2, -0.15) is 0 Å². The fourth-order valence-corrected chi connectivity index (χ4v) is 2.10. The maximum Gasteiger partial charge on any atom is 0.0906 e. The summed E-state index contributed by atoms with van der Waals surface area (Å²) in [5, 5.41) is 3.41. The molecule has 0 radical (unpaired) electrons. The molecular weight excluding hydrogens is 167 g/mol.